The number of amides is 1. The van der Waals surface area contributed by atoms with Gasteiger partial charge in [-0.15, -0.1) is 0 Å². The van der Waals surface area contributed by atoms with Gasteiger partial charge in [0.05, 0.1) is 0 Å². The maximum Gasteiger partial charge on any atom is 0.269 e. The summed E-state index contributed by atoms with van der Waals surface area (Å²) in [4.78, 5) is 20.3. The first-order valence-electron chi connectivity index (χ1n) is 8.77. The molecule has 1 aromatic rings. The number of aryl methyl sites for hydroxylation is 1. The van der Waals surface area contributed by atoms with Crippen molar-refractivity contribution in [3.8, 4) is 0 Å². The van der Waals surface area contributed by atoms with E-state index in [1.165, 1.54) is 11.1 Å². The molecule has 0 unspecified atom stereocenters. The highest BCUT2D eigenvalue weighted by Crippen LogP contribution is 2.34. The maximum absolute atomic E-state index is 12.2. The number of oxime groups is 1. The second-order valence-electron chi connectivity index (χ2n) is 7.54. The first kappa shape index (κ1) is 17.0. The normalized spacial score (nSPS) is 23.6. The molecule has 0 radical (unpaired) electrons. The Kier molecular flexibility index (Phi) is 4.90. The molecule has 0 aliphatic carbocycles. The molecule has 1 saturated heterocycles. The molecule has 130 valence electrons. The number of nitrogens with zero attached hydrogens (tertiary/aromatic N) is 2. The predicted octanol–water partition coefficient (Wildman–Crippen LogP) is 2.49. The highest BCUT2D eigenvalue weighted by atomic mass is 16.7. The molecule has 0 aromatic heterocycles. The minimum Gasteiger partial charge on any atom is -0.387 e. The van der Waals surface area contributed by atoms with Crippen LogP contribution < -0.4 is 5.32 Å². The zero-order valence-corrected chi connectivity index (χ0v) is 14.8. The van der Waals surface area contributed by atoms with E-state index in [4.69, 9.17) is 4.84 Å². The molecular weight excluding hydrogens is 302 g/mol. The zero-order valence-electron chi connectivity index (χ0n) is 14.8. The van der Waals surface area contributed by atoms with Crippen molar-refractivity contribution in [1.82, 2.24) is 10.2 Å². The second kappa shape index (κ2) is 6.93. The number of likely N-dealkylation sites (tertiary alicyclic amines) is 1. The number of benzene rings is 1. The summed E-state index contributed by atoms with van der Waals surface area (Å²) in [7, 11) is 0. The Bertz CT molecular complexity index is 641. The molecule has 2 aliphatic rings. The van der Waals surface area contributed by atoms with Gasteiger partial charge in [-0.25, -0.2) is 0 Å². The van der Waals surface area contributed by atoms with E-state index in [1.807, 2.05) is 0 Å². The molecule has 1 amide bonds. The van der Waals surface area contributed by atoms with Crippen LogP contribution in [0.4, 0.5) is 0 Å². The van der Waals surface area contributed by atoms with Crippen LogP contribution in [0.3, 0.4) is 0 Å². The number of carbonyl (C=O) groups excluding carboxylic acids is 1. The molecule has 0 bridgehead atoms. The number of carbonyl (C=O) groups is 1. The van der Waals surface area contributed by atoms with Gasteiger partial charge >= 0.3 is 0 Å². The van der Waals surface area contributed by atoms with E-state index >= 15 is 0 Å². The van der Waals surface area contributed by atoms with Gasteiger partial charge in [0.1, 0.15) is 5.71 Å². The summed E-state index contributed by atoms with van der Waals surface area (Å²) in [5.41, 5.74) is 2.83. The molecule has 5 heteroatoms. The molecule has 0 saturated carbocycles. The van der Waals surface area contributed by atoms with Crippen molar-refractivity contribution in [2.75, 3.05) is 19.6 Å². The first-order valence-corrected chi connectivity index (χ1v) is 8.77. The minimum atomic E-state index is -0.311. The van der Waals surface area contributed by atoms with E-state index in [0.717, 1.165) is 26.1 Å². The fraction of sp³-hybridized carbons (Fsp3) is 0.579. The van der Waals surface area contributed by atoms with Gasteiger partial charge in [-0.2, -0.15) is 0 Å². The van der Waals surface area contributed by atoms with Crippen LogP contribution in [-0.2, 0) is 16.2 Å². The van der Waals surface area contributed by atoms with Crippen LogP contribution in [0, 0.1) is 12.8 Å². The predicted molar refractivity (Wildman–Crippen MR) is 94.8 cm³/mol. The topological polar surface area (TPSA) is 53.9 Å². The minimum absolute atomic E-state index is 0.0855. The van der Waals surface area contributed by atoms with Crippen LogP contribution >= 0.6 is 0 Å². The van der Waals surface area contributed by atoms with Gasteiger partial charge in [0, 0.05) is 39.0 Å². The van der Waals surface area contributed by atoms with Gasteiger partial charge in [0.2, 0.25) is 0 Å². The van der Waals surface area contributed by atoms with Crippen molar-refractivity contribution in [3.63, 3.8) is 0 Å². The molecule has 1 spiro atoms. The van der Waals surface area contributed by atoms with Gasteiger partial charge in [-0.1, -0.05) is 48.8 Å². The summed E-state index contributed by atoms with van der Waals surface area (Å²) in [6.07, 6.45) is 1.53. The lowest BCUT2D eigenvalue weighted by Gasteiger charge is -2.21. The quantitative estimate of drug-likeness (QED) is 0.903. The van der Waals surface area contributed by atoms with E-state index in [0.29, 0.717) is 24.6 Å². The lowest BCUT2D eigenvalue weighted by Crippen LogP contribution is -2.37. The van der Waals surface area contributed by atoms with Crippen LogP contribution in [0.25, 0.3) is 0 Å². The van der Waals surface area contributed by atoms with E-state index in [1.54, 1.807) is 0 Å². The van der Waals surface area contributed by atoms with Gasteiger partial charge in [-0.05, 0) is 18.4 Å². The molecule has 2 aliphatic heterocycles. The molecule has 1 N–H and O–H groups in total. The molecule has 1 fully saturated rings. The lowest BCUT2D eigenvalue weighted by molar-refractivity contribution is -0.115. The summed E-state index contributed by atoms with van der Waals surface area (Å²) in [5, 5.41) is 7.01. The first-order chi connectivity index (χ1) is 11.5. The van der Waals surface area contributed by atoms with Crippen LogP contribution in [0.15, 0.2) is 29.4 Å². The van der Waals surface area contributed by atoms with E-state index < -0.39 is 0 Å². The van der Waals surface area contributed by atoms with Crippen molar-refractivity contribution in [2.45, 2.75) is 45.8 Å². The summed E-state index contributed by atoms with van der Waals surface area (Å²) < 4.78 is 0. The smallest absolute Gasteiger partial charge is 0.269 e. The Labute approximate surface area is 144 Å². The van der Waals surface area contributed by atoms with Gasteiger partial charge < -0.3 is 10.2 Å². The van der Waals surface area contributed by atoms with Crippen LogP contribution in [-0.4, -0.2) is 41.8 Å². The largest absolute Gasteiger partial charge is 0.387 e. The van der Waals surface area contributed by atoms with Gasteiger partial charge in [0.15, 0.2) is 5.60 Å². The number of rotatable bonds is 5. The van der Waals surface area contributed by atoms with Crippen molar-refractivity contribution in [3.05, 3.63) is 35.4 Å². The molecule has 1 aromatic carbocycles. The Morgan fingerprint density at radius 1 is 1.46 bits per heavy atom. The Morgan fingerprint density at radius 2 is 2.29 bits per heavy atom. The van der Waals surface area contributed by atoms with Crippen LogP contribution in [0.2, 0.25) is 0 Å². The third kappa shape index (κ3) is 3.96. The Balaban J connectivity index is 1.53. The van der Waals surface area contributed by atoms with Crippen LogP contribution in [0.1, 0.15) is 37.8 Å². The monoisotopic (exact) mass is 329 g/mol. The third-order valence-electron chi connectivity index (χ3n) is 4.66. The third-order valence-corrected chi connectivity index (χ3v) is 4.66. The van der Waals surface area contributed by atoms with Gasteiger partial charge in [-0.3, -0.25) is 9.69 Å². The molecule has 5 nitrogen and oxygen atoms in total. The fourth-order valence-electron chi connectivity index (χ4n) is 3.39. The van der Waals surface area contributed by atoms with Crippen LogP contribution in [0.5, 0.6) is 0 Å². The van der Waals surface area contributed by atoms with E-state index in [-0.39, 0.29) is 11.5 Å². The average molecular weight is 329 g/mol. The molecule has 2 heterocycles. The van der Waals surface area contributed by atoms with E-state index in [9.17, 15) is 4.79 Å². The standard InChI is InChI=1S/C19H27N3O2/c1-14(2)11-20-18(23)17-10-19(24-21-17)7-8-22(13-19)12-16-6-4-5-15(3)9-16/h4-6,9,14H,7-8,10-13H2,1-3H3,(H,20,23)/t19-/m0/s1. The highest BCUT2D eigenvalue weighted by Gasteiger charge is 2.46. The summed E-state index contributed by atoms with van der Waals surface area (Å²) >= 11 is 0. The van der Waals surface area contributed by atoms with E-state index in [2.05, 4.69) is 60.4 Å². The Morgan fingerprint density at radius 3 is 3.04 bits per heavy atom. The number of hydrogen-bond acceptors (Lipinski definition) is 4. The van der Waals surface area contributed by atoms with Crippen molar-refractivity contribution >= 4 is 11.6 Å². The van der Waals surface area contributed by atoms with Crippen molar-refractivity contribution in [1.29, 1.82) is 0 Å². The SMILES string of the molecule is Cc1cccc(CN2CC[C@]3(CC(C(=O)NCC(C)C)=NO3)C2)c1. The van der Waals surface area contributed by atoms with Crippen molar-refractivity contribution in [2.24, 2.45) is 11.1 Å². The highest BCUT2D eigenvalue weighted by molar-refractivity contribution is 6.39. The average Bonchev–Trinajstić information content (AvgIpc) is 3.12. The summed E-state index contributed by atoms with van der Waals surface area (Å²) in [6, 6.07) is 8.60. The molecular formula is C19H27N3O2. The summed E-state index contributed by atoms with van der Waals surface area (Å²) in [6.45, 7) is 9.66. The van der Waals surface area contributed by atoms with Gasteiger partial charge in [0.25, 0.3) is 5.91 Å². The molecule has 1 atom stereocenters. The fourth-order valence-corrected chi connectivity index (χ4v) is 3.39. The summed E-state index contributed by atoms with van der Waals surface area (Å²) in [5.74, 6) is 0.347. The molecule has 24 heavy (non-hydrogen) atoms. The maximum atomic E-state index is 12.2. The Hall–Kier alpha value is -1.88. The van der Waals surface area contributed by atoms with Crippen molar-refractivity contribution < 1.29 is 9.63 Å². The lowest BCUT2D eigenvalue weighted by atomic mass is 9.96. The number of hydrogen-bond donors (Lipinski definition) is 1. The molecule has 3 rings (SSSR count). The second-order valence-corrected chi connectivity index (χ2v) is 7.54. The number of nitrogens with one attached hydrogen (secondary N) is 1. The zero-order chi connectivity index (χ0) is 17.2.